The minimum absolute atomic E-state index is 0.0302. The zero-order valence-electron chi connectivity index (χ0n) is 10.4. The van der Waals surface area contributed by atoms with Gasteiger partial charge in [0.1, 0.15) is 0 Å². The smallest absolute Gasteiger partial charge is 0.351 e. The van der Waals surface area contributed by atoms with Crippen LogP contribution in [0.15, 0.2) is 35.2 Å². The first kappa shape index (κ1) is 16.1. The van der Waals surface area contributed by atoms with Gasteiger partial charge in [-0.15, -0.1) is 0 Å². The number of hydrogen-bond acceptors (Lipinski definition) is 5. The van der Waals surface area contributed by atoms with E-state index in [4.69, 9.17) is 9.47 Å². The van der Waals surface area contributed by atoms with Crippen molar-refractivity contribution in [2.24, 2.45) is 0 Å². The number of rotatable bonds is 7. The molecule has 0 aliphatic carbocycles. The van der Waals surface area contributed by atoms with Crippen LogP contribution in [0.2, 0.25) is 0 Å². The van der Waals surface area contributed by atoms with Crippen molar-refractivity contribution < 1.29 is 22.7 Å². The third kappa shape index (κ3) is 4.29. The second-order valence-corrected chi connectivity index (χ2v) is 6.28. The van der Waals surface area contributed by atoms with Crippen LogP contribution >= 0.6 is 15.9 Å². The molecule has 7 heteroatoms. The zero-order chi connectivity index (χ0) is 14.3. The molecule has 1 rings (SSSR count). The summed E-state index contributed by atoms with van der Waals surface area (Å²) in [6.45, 7) is 1.79. The lowest BCUT2D eigenvalue weighted by atomic mass is 10.4. The van der Waals surface area contributed by atoms with Crippen LogP contribution in [0.1, 0.15) is 6.92 Å². The molecule has 0 amide bonds. The molecule has 0 saturated heterocycles. The Morgan fingerprint density at radius 2 is 1.95 bits per heavy atom. The number of ether oxygens (including phenoxy) is 2. The second kappa shape index (κ2) is 7.62. The van der Waals surface area contributed by atoms with E-state index in [-0.39, 0.29) is 18.1 Å². The number of carbonyl (C=O) groups is 1. The van der Waals surface area contributed by atoms with Crippen LogP contribution in [0.5, 0.6) is 0 Å². The van der Waals surface area contributed by atoms with Gasteiger partial charge in [-0.3, -0.25) is 0 Å². The van der Waals surface area contributed by atoms with Gasteiger partial charge in [-0.1, -0.05) is 34.1 Å². The first-order valence-corrected chi connectivity index (χ1v) is 8.34. The summed E-state index contributed by atoms with van der Waals surface area (Å²) in [4.78, 5) is 11.8. The van der Waals surface area contributed by atoms with Crippen molar-refractivity contribution in [3.8, 4) is 0 Å². The summed E-state index contributed by atoms with van der Waals surface area (Å²) < 4.78 is 34.5. The highest BCUT2D eigenvalue weighted by Crippen LogP contribution is 2.18. The van der Waals surface area contributed by atoms with Crippen LogP contribution in [0, 0.1) is 0 Å². The van der Waals surface area contributed by atoms with E-state index >= 15 is 0 Å². The van der Waals surface area contributed by atoms with Crippen LogP contribution in [-0.2, 0) is 24.1 Å². The van der Waals surface area contributed by atoms with Crippen LogP contribution in [0.4, 0.5) is 0 Å². The maximum Gasteiger partial charge on any atom is 0.351 e. The third-order valence-electron chi connectivity index (χ3n) is 2.18. The predicted octanol–water partition coefficient (Wildman–Crippen LogP) is 1.76. The number of halogens is 1. The van der Waals surface area contributed by atoms with E-state index < -0.39 is 21.2 Å². The predicted molar refractivity (Wildman–Crippen MR) is 73.8 cm³/mol. The molecular formula is C12H15BrO5S. The molecule has 0 bridgehead atoms. The topological polar surface area (TPSA) is 69.7 Å². The van der Waals surface area contributed by atoms with Crippen LogP contribution in [0.25, 0.3) is 0 Å². The summed E-state index contributed by atoms with van der Waals surface area (Å²) >= 11 is 3.12. The maximum atomic E-state index is 12.3. The van der Waals surface area contributed by atoms with Gasteiger partial charge in [0.05, 0.1) is 18.1 Å². The quantitative estimate of drug-likeness (QED) is 0.553. The first-order chi connectivity index (χ1) is 9.04. The first-order valence-electron chi connectivity index (χ1n) is 5.67. The molecule has 0 fully saturated rings. The standard InChI is InChI=1S/C12H15BrO5S/c1-2-17-11(14)12(18-9-8-13)19(15,16)10-6-4-3-5-7-10/h3-7,12H,2,8-9H2,1H3. The number of benzene rings is 1. The Kier molecular flexibility index (Phi) is 6.47. The molecule has 0 aromatic heterocycles. The van der Waals surface area contributed by atoms with E-state index in [1.807, 2.05) is 0 Å². The highest BCUT2D eigenvalue weighted by molar-refractivity contribution is 9.09. The fraction of sp³-hybridized carbons (Fsp3) is 0.417. The molecule has 0 aliphatic heterocycles. The van der Waals surface area contributed by atoms with Crippen LogP contribution in [0.3, 0.4) is 0 Å². The Morgan fingerprint density at radius 1 is 1.32 bits per heavy atom. The fourth-order valence-corrected chi connectivity index (χ4v) is 2.95. The van der Waals surface area contributed by atoms with E-state index in [1.165, 1.54) is 12.1 Å². The summed E-state index contributed by atoms with van der Waals surface area (Å²) in [5, 5.41) is 0.424. The third-order valence-corrected chi connectivity index (χ3v) is 4.32. The molecule has 1 atom stereocenters. The molecule has 1 unspecified atom stereocenters. The number of sulfone groups is 1. The van der Waals surface area contributed by atoms with Gasteiger partial charge in [0.25, 0.3) is 5.44 Å². The monoisotopic (exact) mass is 350 g/mol. The summed E-state index contributed by atoms with van der Waals surface area (Å²) in [6.07, 6.45) is 0. The lowest BCUT2D eigenvalue weighted by Crippen LogP contribution is -2.35. The van der Waals surface area contributed by atoms with Crippen molar-refractivity contribution in [2.75, 3.05) is 18.5 Å². The van der Waals surface area contributed by atoms with Gasteiger partial charge in [0.15, 0.2) is 0 Å². The molecule has 106 valence electrons. The van der Waals surface area contributed by atoms with Gasteiger partial charge in [0.2, 0.25) is 9.84 Å². The number of esters is 1. The van der Waals surface area contributed by atoms with Crippen LogP contribution in [-0.4, -0.2) is 38.4 Å². The van der Waals surface area contributed by atoms with Gasteiger partial charge in [-0.2, -0.15) is 0 Å². The SMILES string of the molecule is CCOC(=O)C(OCCBr)S(=O)(=O)c1ccccc1. The van der Waals surface area contributed by atoms with Crippen molar-refractivity contribution in [2.45, 2.75) is 17.3 Å². The molecule has 0 saturated carbocycles. The largest absolute Gasteiger partial charge is 0.463 e. The van der Waals surface area contributed by atoms with Gasteiger partial charge in [-0.25, -0.2) is 13.2 Å². The highest BCUT2D eigenvalue weighted by Gasteiger charge is 2.36. The Bertz CT molecular complexity index is 500. The van der Waals surface area contributed by atoms with Crippen molar-refractivity contribution in [3.63, 3.8) is 0 Å². The molecule has 0 spiro atoms. The number of alkyl halides is 1. The Hall–Kier alpha value is -0.920. The normalized spacial score (nSPS) is 12.9. The minimum Gasteiger partial charge on any atom is -0.463 e. The molecule has 5 nitrogen and oxygen atoms in total. The van der Waals surface area contributed by atoms with Crippen LogP contribution < -0.4 is 0 Å². The lowest BCUT2D eigenvalue weighted by molar-refractivity contribution is -0.150. The maximum absolute atomic E-state index is 12.3. The summed E-state index contributed by atoms with van der Waals surface area (Å²) in [5.41, 5.74) is -1.63. The average Bonchev–Trinajstić information content (AvgIpc) is 2.40. The Morgan fingerprint density at radius 3 is 2.47 bits per heavy atom. The van der Waals surface area contributed by atoms with Crippen molar-refractivity contribution in [3.05, 3.63) is 30.3 Å². The Labute approximate surface area is 121 Å². The van der Waals surface area contributed by atoms with E-state index in [9.17, 15) is 13.2 Å². The molecule has 1 aromatic rings. The summed E-state index contributed by atoms with van der Waals surface area (Å²) in [6, 6.07) is 7.69. The molecule has 0 heterocycles. The zero-order valence-corrected chi connectivity index (χ0v) is 12.8. The van der Waals surface area contributed by atoms with E-state index in [2.05, 4.69) is 15.9 Å². The Balaban J connectivity index is 3.05. The minimum atomic E-state index is -3.91. The van der Waals surface area contributed by atoms with Gasteiger partial charge in [-0.05, 0) is 19.1 Å². The van der Waals surface area contributed by atoms with Crippen molar-refractivity contribution in [1.82, 2.24) is 0 Å². The van der Waals surface area contributed by atoms with E-state index in [0.717, 1.165) is 0 Å². The fourth-order valence-electron chi connectivity index (χ4n) is 1.38. The van der Waals surface area contributed by atoms with Gasteiger partial charge < -0.3 is 9.47 Å². The van der Waals surface area contributed by atoms with E-state index in [1.54, 1.807) is 25.1 Å². The summed E-state index contributed by atoms with van der Waals surface area (Å²) in [7, 11) is -3.91. The molecule has 0 aliphatic rings. The molecule has 1 aromatic carbocycles. The highest BCUT2D eigenvalue weighted by atomic mass is 79.9. The van der Waals surface area contributed by atoms with Gasteiger partial charge in [0, 0.05) is 5.33 Å². The average molecular weight is 351 g/mol. The van der Waals surface area contributed by atoms with Gasteiger partial charge >= 0.3 is 5.97 Å². The summed E-state index contributed by atoms with van der Waals surface area (Å²) in [5.74, 6) is -0.896. The van der Waals surface area contributed by atoms with E-state index in [0.29, 0.717) is 5.33 Å². The lowest BCUT2D eigenvalue weighted by Gasteiger charge is -2.16. The molecule has 0 N–H and O–H groups in total. The van der Waals surface area contributed by atoms with Crippen molar-refractivity contribution >= 4 is 31.7 Å². The number of carbonyl (C=O) groups excluding carboxylic acids is 1. The number of hydrogen-bond donors (Lipinski definition) is 0. The second-order valence-electron chi connectivity index (χ2n) is 3.50. The molecule has 19 heavy (non-hydrogen) atoms. The molecule has 0 radical (unpaired) electrons. The molecular weight excluding hydrogens is 336 g/mol. The van der Waals surface area contributed by atoms with Crippen molar-refractivity contribution in [1.29, 1.82) is 0 Å².